The molecule has 196 valence electrons. The summed E-state index contributed by atoms with van der Waals surface area (Å²) in [4.78, 5) is 40.5. The Labute approximate surface area is 232 Å². The summed E-state index contributed by atoms with van der Waals surface area (Å²) in [5.41, 5.74) is 3.40. The fraction of sp³-hybridized carbons (Fsp3) is 0.300. The smallest absolute Gasteiger partial charge is 0.255 e. The number of hydrogen-bond donors (Lipinski definition) is 2. The van der Waals surface area contributed by atoms with E-state index in [-0.39, 0.29) is 29.1 Å². The van der Waals surface area contributed by atoms with Crippen molar-refractivity contribution >= 4 is 46.8 Å². The highest BCUT2D eigenvalue weighted by atomic mass is 35.5. The van der Waals surface area contributed by atoms with Crippen LogP contribution in [0.2, 0.25) is 5.02 Å². The van der Waals surface area contributed by atoms with Gasteiger partial charge in [-0.25, -0.2) is 0 Å². The van der Waals surface area contributed by atoms with Gasteiger partial charge in [-0.05, 0) is 60.4 Å². The minimum absolute atomic E-state index is 0.0832. The van der Waals surface area contributed by atoms with E-state index in [1.54, 1.807) is 48.2 Å². The van der Waals surface area contributed by atoms with Crippen molar-refractivity contribution in [1.29, 1.82) is 0 Å². The Bertz CT molecular complexity index is 1310. The fourth-order valence-corrected chi connectivity index (χ4v) is 6.30. The van der Waals surface area contributed by atoms with E-state index in [1.165, 1.54) is 6.42 Å². The van der Waals surface area contributed by atoms with E-state index in [4.69, 9.17) is 11.6 Å². The van der Waals surface area contributed by atoms with Gasteiger partial charge in [-0.2, -0.15) is 0 Å². The van der Waals surface area contributed by atoms with Gasteiger partial charge in [0.2, 0.25) is 5.91 Å². The molecular formula is C30H30ClN3O3S. The number of amides is 3. The van der Waals surface area contributed by atoms with E-state index in [2.05, 4.69) is 10.6 Å². The summed E-state index contributed by atoms with van der Waals surface area (Å²) in [5, 5.41) is 6.57. The van der Waals surface area contributed by atoms with Gasteiger partial charge in [-0.1, -0.05) is 67.3 Å². The molecule has 0 radical (unpaired) electrons. The largest absolute Gasteiger partial charge is 0.349 e. The van der Waals surface area contributed by atoms with Crippen molar-refractivity contribution in [2.75, 3.05) is 11.1 Å². The summed E-state index contributed by atoms with van der Waals surface area (Å²) in [5.74, 6) is 0.0505. The molecule has 3 aromatic carbocycles. The molecule has 5 rings (SSSR count). The molecule has 1 heterocycles. The number of nitrogens with zero attached hydrogens (tertiary/aromatic N) is 1. The van der Waals surface area contributed by atoms with Gasteiger partial charge < -0.3 is 15.5 Å². The van der Waals surface area contributed by atoms with Crippen LogP contribution in [0.1, 0.15) is 69.3 Å². The molecule has 1 saturated heterocycles. The normalized spacial score (nSPS) is 17.9. The second-order valence-electron chi connectivity index (χ2n) is 9.74. The molecule has 0 bridgehead atoms. The van der Waals surface area contributed by atoms with Crippen LogP contribution in [0.3, 0.4) is 0 Å². The Morgan fingerprint density at radius 2 is 1.61 bits per heavy atom. The van der Waals surface area contributed by atoms with Crippen molar-refractivity contribution in [2.45, 2.75) is 50.1 Å². The van der Waals surface area contributed by atoms with Gasteiger partial charge in [0.25, 0.3) is 11.8 Å². The molecule has 0 unspecified atom stereocenters. The number of para-hydroxylation sites is 1. The second-order valence-corrected chi connectivity index (χ2v) is 11.2. The molecular weight excluding hydrogens is 518 g/mol. The quantitative estimate of drug-likeness (QED) is 0.357. The lowest BCUT2D eigenvalue weighted by atomic mass is 9.95. The molecule has 0 spiro atoms. The number of thioether (sulfide) groups is 1. The summed E-state index contributed by atoms with van der Waals surface area (Å²) in [6.07, 6.45) is 5.47. The lowest BCUT2D eigenvalue weighted by Gasteiger charge is -2.24. The topological polar surface area (TPSA) is 78.5 Å². The van der Waals surface area contributed by atoms with E-state index in [9.17, 15) is 14.4 Å². The average Bonchev–Trinajstić information content (AvgIpc) is 3.30. The predicted octanol–water partition coefficient (Wildman–Crippen LogP) is 6.43. The minimum atomic E-state index is -0.289. The fourth-order valence-electron chi connectivity index (χ4n) is 4.98. The maximum Gasteiger partial charge on any atom is 0.255 e. The summed E-state index contributed by atoms with van der Waals surface area (Å²) < 4.78 is 0. The first-order valence-electron chi connectivity index (χ1n) is 12.9. The number of hydrogen-bond acceptors (Lipinski definition) is 4. The van der Waals surface area contributed by atoms with Gasteiger partial charge in [0.15, 0.2) is 0 Å². The van der Waals surface area contributed by atoms with Gasteiger partial charge >= 0.3 is 0 Å². The zero-order chi connectivity index (χ0) is 26.5. The highest BCUT2D eigenvalue weighted by molar-refractivity contribution is 8.00. The summed E-state index contributed by atoms with van der Waals surface area (Å²) in [6.45, 7) is 0.496. The number of nitrogens with one attached hydrogen (secondary N) is 2. The number of carbonyl (C=O) groups is 3. The van der Waals surface area contributed by atoms with Crippen molar-refractivity contribution in [2.24, 2.45) is 0 Å². The third-order valence-electron chi connectivity index (χ3n) is 7.05. The van der Waals surface area contributed by atoms with Crippen LogP contribution in [-0.2, 0) is 11.3 Å². The Morgan fingerprint density at radius 3 is 2.34 bits per heavy atom. The number of benzene rings is 3. The molecule has 2 N–H and O–H groups in total. The number of halogens is 1. The van der Waals surface area contributed by atoms with Crippen LogP contribution in [0, 0.1) is 0 Å². The third kappa shape index (κ3) is 6.22. The van der Waals surface area contributed by atoms with Crippen molar-refractivity contribution in [1.82, 2.24) is 10.2 Å². The van der Waals surface area contributed by atoms with Crippen molar-refractivity contribution in [3.63, 3.8) is 0 Å². The standard InChI is InChI=1S/C30H30ClN3O3S/c31-23-16-10-20(11-17-23)18-34-27(35)19-38-30(34)22-14-12-21(13-15-22)28(36)33-26-9-5-4-8-25(26)29(37)32-24-6-2-1-3-7-24/h4-5,8-17,24,30H,1-3,6-7,18-19H2,(H,32,37)(H,33,36)/t30-/m0/s1. The molecule has 1 aliphatic carbocycles. The van der Waals surface area contributed by atoms with Gasteiger partial charge in [0.1, 0.15) is 5.37 Å². The van der Waals surface area contributed by atoms with Gasteiger partial charge in [0.05, 0.1) is 17.0 Å². The number of anilines is 1. The molecule has 2 fully saturated rings. The van der Waals surface area contributed by atoms with Crippen molar-refractivity contribution in [3.05, 3.63) is 100 Å². The molecule has 0 aromatic heterocycles. The van der Waals surface area contributed by atoms with Crippen LogP contribution in [0.25, 0.3) is 0 Å². The van der Waals surface area contributed by atoms with Crippen LogP contribution in [0.5, 0.6) is 0 Å². The Hall–Kier alpha value is -3.29. The van der Waals surface area contributed by atoms with Crippen molar-refractivity contribution in [3.8, 4) is 0 Å². The Kier molecular flexibility index (Phi) is 8.35. The second kappa shape index (κ2) is 12.0. The van der Waals surface area contributed by atoms with Crippen LogP contribution in [-0.4, -0.2) is 34.4 Å². The van der Waals surface area contributed by atoms with E-state index >= 15 is 0 Å². The first-order valence-corrected chi connectivity index (χ1v) is 14.4. The molecule has 38 heavy (non-hydrogen) atoms. The lowest BCUT2D eigenvalue weighted by molar-refractivity contribution is -0.128. The van der Waals surface area contributed by atoms with Crippen LogP contribution < -0.4 is 10.6 Å². The molecule has 8 heteroatoms. The molecule has 3 amide bonds. The zero-order valence-corrected chi connectivity index (χ0v) is 22.6. The molecule has 6 nitrogen and oxygen atoms in total. The summed E-state index contributed by atoms with van der Waals surface area (Å²) in [6, 6.07) is 22.1. The maximum atomic E-state index is 13.1. The molecule has 2 aliphatic rings. The van der Waals surface area contributed by atoms with E-state index < -0.39 is 0 Å². The van der Waals surface area contributed by atoms with Crippen LogP contribution in [0.15, 0.2) is 72.8 Å². The Balaban J connectivity index is 1.25. The minimum Gasteiger partial charge on any atom is -0.349 e. The third-order valence-corrected chi connectivity index (χ3v) is 8.56. The first-order chi connectivity index (χ1) is 18.5. The van der Waals surface area contributed by atoms with Crippen molar-refractivity contribution < 1.29 is 14.4 Å². The average molecular weight is 548 g/mol. The monoisotopic (exact) mass is 547 g/mol. The van der Waals surface area contributed by atoms with E-state index in [1.807, 2.05) is 41.3 Å². The van der Waals surface area contributed by atoms with E-state index in [0.717, 1.165) is 36.8 Å². The number of rotatable bonds is 7. The molecule has 1 saturated carbocycles. The molecule has 1 atom stereocenters. The summed E-state index contributed by atoms with van der Waals surface area (Å²) >= 11 is 7.57. The van der Waals surface area contributed by atoms with E-state index in [0.29, 0.717) is 34.1 Å². The maximum absolute atomic E-state index is 13.1. The van der Waals surface area contributed by atoms with Crippen LogP contribution in [0.4, 0.5) is 5.69 Å². The lowest BCUT2D eigenvalue weighted by Crippen LogP contribution is -2.36. The van der Waals surface area contributed by atoms with Gasteiger partial charge in [0, 0.05) is 23.2 Å². The predicted molar refractivity (Wildman–Crippen MR) is 152 cm³/mol. The highest BCUT2D eigenvalue weighted by Gasteiger charge is 2.33. The first kappa shape index (κ1) is 26.3. The van der Waals surface area contributed by atoms with Crippen LogP contribution >= 0.6 is 23.4 Å². The Morgan fingerprint density at radius 1 is 0.895 bits per heavy atom. The number of carbonyl (C=O) groups excluding carboxylic acids is 3. The SMILES string of the molecule is O=C(Nc1ccccc1C(=O)NC1CCCCC1)c1ccc([C@@H]2SCC(=O)N2Cc2ccc(Cl)cc2)cc1. The van der Waals surface area contributed by atoms with Gasteiger partial charge in [-0.15, -0.1) is 11.8 Å². The molecule has 1 aliphatic heterocycles. The summed E-state index contributed by atoms with van der Waals surface area (Å²) in [7, 11) is 0. The molecule has 3 aromatic rings. The zero-order valence-electron chi connectivity index (χ0n) is 21.0. The van der Waals surface area contributed by atoms with Gasteiger partial charge in [-0.3, -0.25) is 14.4 Å². The highest BCUT2D eigenvalue weighted by Crippen LogP contribution is 2.39.